The molecule has 62 valence electrons. The van der Waals surface area contributed by atoms with Gasteiger partial charge in [0.15, 0.2) is 0 Å². The number of benzene rings is 1. The molecule has 1 heteroatoms. The molecule has 0 amide bonds. The normalized spacial score (nSPS) is 10.9. The predicted molar refractivity (Wildman–Crippen MR) is 52.5 cm³/mol. The summed E-state index contributed by atoms with van der Waals surface area (Å²) in [5, 5.41) is 1.35. The molecule has 0 atom stereocenters. The molecule has 1 aromatic carbocycles. The third-order valence-electron chi connectivity index (χ3n) is 2.55. The van der Waals surface area contributed by atoms with Gasteiger partial charge < -0.3 is 4.98 Å². The second-order valence-electron chi connectivity index (χ2n) is 3.37. The van der Waals surface area contributed by atoms with Crippen molar-refractivity contribution >= 4 is 10.9 Å². The molecule has 0 unspecified atom stereocenters. The minimum atomic E-state index is 1.28. The molecule has 12 heavy (non-hydrogen) atoms. The Morgan fingerprint density at radius 2 is 1.83 bits per heavy atom. The fraction of sp³-hybridized carbons (Fsp3) is 0.273. The summed E-state index contributed by atoms with van der Waals surface area (Å²) in [6, 6.07) is 6.41. The minimum absolute atomic E-state index is 1.28. The van der Waals surface area contributed by atoms with Gasteiger partial charge in [0, 0.05) is 16.6 Å². The second kappa shape index (κ2) is 2.37. The van der Waals surface area contributed by atoms with Crippen molar-refractivity contribution in [1.29, 1.82) is 0 Å². The van der Waals surface area contributed by atoms with Gasteiger partial charge in [-0.2, -0.15) is 0 Å². The summed E-state index contributed by atoms with van der Waals surface area (Å²) in [6.07, 6.45) is 0. The van der Waals surface area contributed by atoms with Gasteiger partial charge in [-0.15, -0.1) is 0 Å². The number of nitrogens with one attached hydrogen (secondary N) is 1. The average molecular weight is 159 g/mol. The fourth-order valence-corrected chi connectivity index (χ4v) is 1.63. The highest BCUT2D eigenvalue weighted by Crippen LogP contribution is 2.23. The Balaban J connectivity index is 2.95. The van der Waals surface area contributed by atoms with Gasteiger partial charge in [0.05, 0.1) is 0 Å². The molecule has 2 aromatic rings. The lowest BCUT2D eigenvalue weighted by atomic mass is 10.1. The molecular weight excluding hydrogens is 146 g/mol. The van der Waals surface area contributed by atoms with Crippen molar-refractivity contribution in [2.45, 2.75) is 20.8 Å². The fourth-order valence-electron chi connectivity index (χ4n) is 1.63. The van der Waals surface area contributed by atoms with Crippen LogP contribution in [0.1, 0.15) is 16.8 Å². The Bertz CT molecular complexity index is 424. The molecule has 1 N–H and O–H groups in total. The van der Waals surface area contributed by atoms with Crippen molar-refractivity contribution in [3.8, 4) is 0 Å². The van der Waals surface area contributed by atoms with Gasteiger partial charge in [0.25, 0.3) is 0 Å². The Labute approximate surface area is 72.4 Å². The van der Waals surface area contributed by atoms with E-state index in [4.69, 9.17) is 0 Å². The van der Waals surface area contributed by atoms with Gasteiger partial charge in [-0.1, -0.05) is 18.2 Å². The van der Waals surface area contributed by atoms with E-state index in [-0.39, 0.29) is 0 Å². The molecule has 0 bridgehead atoms. The summed E-state index contributed by atoms with van der Waals surface area (Å²) in [4.78, 5) is 3.40. The molecule has 1 heterocycles. The number of aryl methyl sites for hydroxylation is 3. The monoisotopic (exact) mass is 159 g/mol. The lowest BCUT2D eigenvalue weighted by Crippen LogP contribution is -1.74. The molecule has 0 saturated heterocycles. The van der Waals surface area contributed by atoms with Crippen molar-refractivity contribution in [2.24, 2.45) is 0 Å². The Morgan fingerprint density at radius 1 is 1.08 bits per heavy atom. The van der Waals surface area contributed by atoms with E-state index in [1.165, 1.54) is 27.7 Å². The summed E-state index contributed by atoms with van der Waals surface area (Å²) in [5.74, 6) is 0. The van der Waals surface area contributed by atoms with Gasteiger partial charge in [0.1, 0.15) is 0 Å². The Morgan fingerprint density at radius 3 is 2.50 bits per heavy atom. The maximum atomic E-state index is 3.40. The number of aromatic nitrogens is 1. The topological polar surface area (TPSA) is 15.8 Å². The molecule has 0 aliphatic heterocycles. The van der Waals surface area contributed by atoms with Crippen molar-refractivity contribution in [1.82, 2.24) is 4.98 Å². The van der Waals surface area contributed by atoms with Gasteiger partial charge in [-0.25, -0.2) is 0 Å². The van der Waals surface area contributed by atoms with E-state index >= 15 is 0 Å². The van der Waals surface area contributed by atoms with E-state index in [1.807, 2.05) is 0 Å². The highest BCUT2D eigenvalue weighted by molar-refractivity contribution is 5.86. The molecule has 0 aliphatic rings. The van der Waals surface area contributed by atoms with E-state index in [0.29, 0.717) is 0 Å². The van der Waals surface area contributed by atoms with Crippen LogP contribution >= 0.6 is 0 Å². The lowest BCUT2D eigenvalue weighted by Gasteiger charge is -1.94. The van der Waals surface area contributed by atoms with Crippen LogP contribution in [0.2, 0.25) is 0 Å². The molecule has 1 nitrogen and oxygen atoms in total. The van der Waals surface area contributed by atoms with E-state index in [9.17, 15) is 0 Å². The van der Waals surface area contributed by atoms with Gasteiger partial charge in [0.2, 0.25) is 0 Å². The molecule has 2 rings (SSSR count). The second-order valence-corrected chi connectivity index (χ2v) is 3.37. The van der Waals surface area contributed by atoms with Crippen LogP contribution in [0.15, 0.2) is 18.2 Å². The molecular formula is C11H13N. The highest BCUT2D eigenvalue weighted by atomic mass is 14.7. The van der Waals surface area contributed by atoms with Crippen LogP contribution in [0.3, 0.4) is 0 Å². The molecule has 0 aliphatic carbocycles. The maximum Gasteiger partial charge on any atom is 0.0488 e. The predicted octanol–water partition coefficient (Wildman–Crippen LogP) is 3.09. The van der Waals surface area contributed by atoms with Crippen LogP contribution in [-0.2, 0) is 0 Å². The number of H-pyrrole nitrogens is 1. The van der Waals surface area contributed by atoms with Crippen molar-refractivity contribution in [2.75, 3.05) is 0 Å². The highest BCUT2D eigenvalue weighted by Gasteiger charge is 2.03. The lowest BCUT2D eigenvalue weighted by molar-refractivity contribution is 1.25. The molecule has 0 spiro atoms. The first-order valence-corrected chi connectivity index (χ1v) is 4.24. The smallest absolute Gasteiger partial charge is 0.0488 e. The summed E-state index contributed by atoms with van der Waals surface area (Å²) in [7, 11) is 0. The zero-order valence-corrected chi connectivity index (χ0v) is 7.73. The van der Waals surface area contributed by atoms with Gasteiger partial charge in [-0.05, 0) is 31.9 Å². The SMILES string of the molecule is Cc1[nH]c2c(C)cccc2c1C. The molecule has 0 saturated carbocycles. The largest absolute Gasteiger partial charge is 0.358 e. The number of rotatable bonds is 0. The maximum absolute atomic E-state index is 3.40. The van der Waals surface area contributed by atoms with Crippen LogP contribution in [0.25, 0.3) is 10.9 Å². The van der Waals surface area contributed by atoms with Crippen LogP contribution in [0.4, 0.5) is 0 Å². The quantitative estimate of drug-likeness (QED) is 0.608. The number of hydrogen-bond acceptors (Lipinski definition) is 0. The summed E-state index contributed by atoms with van der Waals surface area (Å²) in [5.41, 5.74) is 5.25. The number of fused-ring (bicyclic) bond motifs is 1. The molecule has 1 aromatic heterocycles. The Hall–Kier alpha value is -1.24. The summed E-state index contributed by atoms with van der Waals surface area (Å²) in [6.45, 7) is 6.42. The summed E-state index contributed by atoms with van der Waals surface area (Å²) >= 11 is 0. The zero-order valence-electron chi connectivity index (χ0n) is 7.73. The minimum Gasteiger partial charge on any atom is -0.358 e. The van der Waals surface area contributed by atoms with Crippen molar-refractivity contribution in [3.63, 3.8) is 0 Å². The third-order valence-corrected chi connectivity index (χ3v) is 2.55. The first-order chi connectivity index (χ1) is 5.70. The molecule has 0 radical (unpaired) electrons. The Kier molecular flexibility index (Phi) is 1.47. The zero-order chi connectivity index (χ0) is 8.72. The van der Waals surface area contributed by atoms with E-state index < -0.39 is 0 Å². The number of aromatic amines is 1. The number of para-hydroxylation sites is 1. The van der Waals surface area contributed by atoms with Crippen LogP contribution in [-0.4, -0.2) is 4.98 Å². The average Bonchev–Trinajstić information content (AvgIpc) is 2.32. The van der Waals surface area contributed by atoms with Crippen LogP contribution < -0.4 is 0 Å². The first-order valence-electron chi connectivity index (χ1n) is 4.24. The number of hydrogen-bond donors (Lipinski definition) is 1. The first kappa shape index (κ1) is 7.41. The van der Waals surface area contributed by atoms with E-state index in [2.05, 4.69) is 44.0 Å². The van der Waals surface area contributed by atoms with Crippen LogP contribution in [0, 0.1) is 20.8 Å². The third kappa shape index (κ3) is 0.860. The van der Waals surface area contributed by atoms with Gasteiger partial charge in [-0.3, -0.25) is 0 Å². The standard InChI is InChI=1S/C11H13N/c1-7-5-4-6-10-8(2)9(3)12-11(7)10/h4-6,12H,1-3H3. The van der Waals surface area contributed by atoms with Crippen LogP contribution in [0.5, 0.6) is 0 Å². The van der Waals surface area contributed by atoms with Crippen molar-refractivity contribution < 1.29 is 0 Å². The van der Waals surface area contributed by atoms with E-state index in [1.54, 1.807) is 0 Å². The molecule has 0 fully saturated rings. The van der Waals surface area contributed by atoms with Crippen molar-refractivity contribution in [3.05, 3.63) is 35.0 Å². The van der Waals surface area contributed by atoms with E-state index in [0.717, 1.165) is 0 Å². The summed E-state index contributed by atoms with van der Waals surface area (Å²) < 4.78 is 0. The van der Waals surface area contributed by atoms with Gasteiger partial charge >= 0.3 is 0 Å².